The molecule has 0 aliphatic heterocycles. The molecule has 2 aromatic rings. The summed E-state index contributed by atoms with van der Waals surface area (Å²) in [7, 11) is 0. The average molecular weight is 201 g/mol. The van der Waals surface area contributed by atoms with Gasteiger partial charge in [-0.3, -0.25) is 0 Å². The fourth-order valence-corrected chi connectivity index (χ4v) is 1.96. The minimum Gasteiger partial charge on any atom is -0.382 e. The third-order valence-electron chi connectivity index (χ3n) is 2.73. The van der Waals surface area contributed by atoms with Gasteiger partial charge < -0.3 is 10.3 Å². The standard InChI is InChI=1S/C10H11N5/c11-9-8-10(13-5-12-9)15(6-14-8)7-3-1-2-4-7/h1,3,5-7H,2,4H2,(H2,11,12,13)/t7-/m0/s1. The first-order valence-corrected chi connectivity index (χ1v) is 4.96. The summed E-state index contributed by atoms with van der Waals surface area (Å²) in [5.41, 5.74) is 7.23. The lowest BCUT2D eigenvalue weighted by Gasteiger charge is -2.09. The van der Waals surface area contributed by atoms with E-state index in [2.05, 4.69) is 31.7 Å². The van der Waals surface area contributed by atoms with Crippen molar-refractivity contribution in [1.82, 2.24) is 19.5 Å². The number of allylic oxidation sites excluding steroid dienone is 2. The van der Waals surface area contributed by atoms with E-state index in [0.717, 1.165) is 18.5 Å². The number of imidazole rings is 1. The molecule has 0 aromatic carbocycles. The Labute approximate surface area is 86.7 Å². The van der Waals surface area contributed by atoms with Crippen molar-refractivity contribution in [1.29, 1.82) is 0 Å². The topological polar surface area (TPSA) is 69.6 Å². The van der Waals surface area contributed by atoms with Crippen molar-refractivity contribution in [3.63, 3.8) is 0 Å². The molecule has 0 saturated heterocycles. The lowest BCUT2D eigenvalue weighted by Crippen LogP contribution is -2.03. The van der Waals surface area contributed by atoms with Gasteiger partial charge in [-0.1, -0.05) is 12.2 Å². The number of nitrogen functional groups attached to an aromatic ring is 1. The summed E-state index contributed by atoms with van der Waals surface area (Å²) < 4.78 is 2.05. The van der Waals surface area contributed by atoms with E-state index >= 15 is 0 Å². The predicted octanol–water partition coefficient (Wildman–Crippen LogP) is 1.30. The Morgan fingerprint density at radius 3 is 3.07 bits per heavy atom. The number of anilines is 1. The summed E-state index contributed by atoms with van der Waals surface area (Å²) in [5, 5.41) is 0. The zero-order chi connectivity index (χ0) is 10.3. The fourth-order valence-electron chi connectivity index (χ4n) is 1.96. The van der Waals surface area contributed by atoms with E-state index < -0.39 is 0 Å². The molecule has 1 atom stereocenters. The van der Waals surface area contributed by atoms with Gasteiger partial charge in [0.2, 0.25) is 0 Å². The lowest BCUT2D eigenvalue weighted by atomic mass is 10.2. The summed E-state index contributed by atoms with van der Waals surface area (Å²) in [6.07, 6.45) is 9.85. The number of hydrogen-bond donors (Lipinski definition) is 1. The lowest BCUT2D eigenvalue weighted by molar-refractivity contribution is 0.601. The van der Waals surface area contributed by atoms with Crippen molar-refractivity contribution >= 4 is 17.0 Å². The molecular formula is C10H11N5. The summed E-state index contributed by atoms with van der Waals surface area (Å²) in [6, 6.07) is 0.365. The zero-order valence-electron chi connectivity index (χ0n) is 8.17. The first kappa shape index (κ1) is 8.40. The van der Waals surface area contributed by atoms with Crippen LogP contribution in [0, 0.1) is 0 Å². The van der Waals surface area contributed by atoms with Crippen molar-refractivity contribution in [2.45, 2.75) is 18.9 Å². The van der Waals surface area contributed by atoms with E-state index in [0.29, 0.717) is 17.4 Å². The van der Waals surface area contributed by atoms with E-state index in [9.17, 15) is 0 Å². The molecule has 5 nitrogen and oxygen atoms in total. The van der Waals surface area contributed by atoms with Gasteiger partial charge in [0.1, 0.15) is 11.8 Å². The summed E-state index contributed by atoms with van der Waals surface area (Å²) in [5.74, 6) is 0.445. The molecular weight excluding hydrogens is 190 g/mol. The Bertz CT molecular complexity index is 528. The number of rotatable bonds is 1. The minimum absolute atomic E-state index is 0.365. The third-order valence-corrected chi connectivity index (χ3v) is 2.73. The molecule has 2 N–H and O–H groups in total. The van der Waals surface area contributed by atoms with E-state index in [1.807, 2.05) is 0 Å². The highest BCUT2D eigenvalue weighted by atomic mass is 15.1. The van der Waals surface area contributed by atoms with Crippen LogP contribution in [0.4, 0.5) is 5.82 Å². The Balaban J connectivity index is 2.19. The number of aromatic nitrogens is 4. The predicted molar refractivity (Wildman–Crippen MR) is 57.1 cm³/mol. The molecule has 0 fully saturated rings. The highest BCUT2D eigenvalue weighted by Crippen LogP contribution is 2.26. The molecule has 76 valence electrons. The second-order valence-corrected chi connectivity index (χ2v) is 3.66. The number of nitrogens with two attached hydrogens (primary N) is 1. The fraction of sp³-hybridized carbons (Fsp3) is 0.300. The summed E-state index contributed by atoms with van der Waals surface area (Å²) in [6.45, 7) is 0. The molecule has 2 heterocycles. The van der Waals surface area contributed by atoms with Crippen LogP contribution in [0.2, 0.25) is 0 Å². The molecule has 3 rings (SSSR count). The normalized spacial score (nSPS) is 20.1. The van der Waals surface area contributed by atoms with Crippen LogP contribution >= 0.6 is 0 Å². The zero-order valence-corrected chi connectivity index (χ0v) is 8.17. The molecule has 1 aliphatic carbocycles. The molecule has 0 spiro atoms. The van der Waals surface area contributed by atoms with Crippen LogP contribution in [0.3, 0.4) is 0 Å². The smallest absolute Gasteiger partial charge is 0.165 e. The minimum atomic E-state index is 0.365. The molecule has 2 aromatic heterocycles. The van der Waals surface area contributed by atoms with Gasteiger partial charge in [0, 0.05) is 0 Å². The second-order valence-electron chi connectivity index (χ2n) is 3.66. The monoisotopic (exact) mass is 201 g/mol. The van der Waals surface area contributed by atoms with Gasteiger partial charge in [0.05, 0.1) is 12.4 Å². The van der Waals surface area contributed by atoms with Crippen LogP contribution in [0.25, 0.3) is 11.2 Å². The van der Waals surface area contributed by atoms with E-state index in [1.165, 1.54) is 6.33 Å². The second kappa shape index (κ2) is 3.05. The van der Waals surface area contributed by atoms with Crippen LogP contribution in [0.5, 0.6) is 0 Å². The molecule has 1 aliphatic rings. The van der Waals surface area contributed by atoms with Gasteiger partial charge in [-0.2, -0.15) is 0 Å². The molecule has 15 heavy (non-hydrogen) atoms. The van der Waals surface area contributed by atoms with Crippen LogP contribution in [0.1, 0.15) is 18.9 Å². The largest absolute Gasteiger partial charge is 0.382 e. The van der Waals surface area contributed by atoms with Crippen molar-refractivity contribution in [3.8, 4) is 0 Å². The van der Waals surface area contributed by atoms with Crippen molar-refractivity contribution in [3.05, 3.63) is 24.8 Å². The SMILES string of the molecule is Nc1ncnc2c1ncn2[C@H]1C=CCC1. The van der Waals surface area contributed by atoms with Crippen molar-refractivity contribution < 1.29 is 0 Å². The Kier molecular flexibility index (Phi) is 1.71. The van der Waals surface area contributed by atoms with Gasteiger partial charge in [-0.05, 0) is 12.8 Å². The average Bonchev–Trinajstić information content (AvgIpc) is 2.85. The van der Waals surface area contributed by atoms with Crippen LogP contribution in [-0.4, -0.2) is 19.5 Å². The van der Waals surface area contributed by atoms with E-state index in [-0.39, 0.29) is 0 Å². The molecule has 0 saturated carbocycles. The Hall–Kier alpha value is -1.91. The summed E-state index contributed by atoms with van der Waals surface area (Å²) >= 11 is 0. The van der Waals surface area contributed by atoms with Gasteiger partial charge in [0.25, 0.3) is 0 Å². The van der Waals surface area contributed by atoms with Crippen molar-refractivity contribution in [2.75, 3.05) is 5.73 Å². The quantitative estimate of drug-likeness (QED) is 0.706. The molecule has 0 bridgehead atoms. The number of hydrogen-bond acceptors (Lipinski definition) is 4. The molecule has 0 unspecified atom stereocenters. The first-order valence-electron chi connectivity index (χ1n) is 4.96. The van der Waals surface area contributed by atoms with Crippen molar-refractivity contribution in [2.24, 2.45) is 0 Å². The van der Waals surface area contributed by atoms with Crippen LogP contribution in [0.15, 0.2) is 24.8 Å². The number of nitrogens with zero attached hydrogens (tertiary/aromatic N) is 4. The van der Waals surface area contributed by atoms with E-state index in [4.69, 9.17) is 5.73 Å². The van der Waals surface area contributed by atoms with Gasteiger partial charge in [-0.25, -0.2) is 15.0 Å². The van der Waals surface area contributed by atoms with Crippen LogP contribution < -0.4 is 5.73 Å². The first-order chi connectivity index (χ1) is 7.36. The van der Waals surface area contributed by atoms with Gasteiger partial charge in [0.15, 0.2) is 11.5 Å². The highest BCUT2D eigenvalue weighted by molar-refractivity contribution is 5.81. The van der Waals surface area contributed by atoms with Gasteiger partial charge >= 0.3 is 0 Å². The Morgan fingerprint density at radius 2 is 2.27 bits per heavy atom. The molecule has 0 radical (unpaired) electrons. The van der Waals surface area contributed by atoms with Gasteiger partial charge in [-0.15, -0.1) is 0 Å². The highest BCUT2D eigenvalue weighted by Gasteiger charge is 2.15. The third kappa shape index (κ3) is 1.20. The maximum Gasteiger partial charge on any atom is 0.165 e. The summed E-state index contributed by atoms with van der Waals surface area (Å²) in [4.78, 5) is 12.4. The van der Waals surface area contributed by atoms with E-state index in [1.54, 1.807) is 6.33 Å². The Morgan fingerprint density at radius 1 is 1.33 bits per heavy atom. The molecule has 5 heteroatoms. The maximum absolute atomic E-state index is 5.72. The van der Waals surface area contributed by atoms with Crippen LogP contribution in [-0.2, 0) is 0 Å². The number of fused-ring (bicyclic) bond motifs is 1. The molecule has 0 amide bonds. The maximum atomic E-state index is 5.72.